The molecule has 0 aliphatic heterocycles. The van der Waals surface area contributed by atoms with Crippen LogP contribution in [0.4, 0.5) is 11.6 Å². The lowest BCUT2D eigenvalue weighted by Crippen LogP contribution is -2.13. The molecular formula is C22H17N5O5S. The molecule has 2 aromatic heterocycles. The van der Waals surface area contributed by atoms with Crippen LogP contribution in [0.3, 0.4) is 0 Å². The maximum Gasteiger partial charge on any atom is 0.433 e. The van der Waals surface area contributed by atoms with E-state index in [2.05, 4.69) is 10.1 Å². The van der Waals surface area contributed by atoms with Gasteiger partial charge in [0, 0.05) is 29.6 Å². The van der Waals surface area contributed by atoms with E-state index in [0.29, 0.717) is 22.6 Å². The van der Waals surface area contributed by atoms with Crippen molar-refractivity contribution >= 4 is 29.1 Å². The van der Waals surface area contributed by atoms with Gasteiger partial charge in [0.25, 0.3) is 5.69 Å². The molecule has 0 aliphatic rings. The number of non-ortho nitro benzene ring substituents is 1. The maximum atomic E-state index is 11.2. The van der Waals surface area contributed by atoms with E-state index < -0.39 is 15.7 Å². The van der Waals surface area contributed by atoms with Crippen LogP contribution in [0.1, 0.15) is 11.3 Å². The summed E-state index contributed by atoms with van der Waals surface area (Å²) >= 11 is 1.34. The van der Waals surface area contributed by atoms with E-state index in [1.54, 1.807) is 16.8 Å². The molecule has 0 bridgehead atoms. The zero-order chi connectivity index (χ0) is 23.2. The van der Waals surface area contributed by atoms with Gasteiger partial charge in [-0.3, -0.25) is 25.2 Å². The second-order valence-corrected chi connectivity index (χ2v) is 7.65. The Balaban J connectivity index is 1.71. The first-order valence-electron chi connectivity index (χ1n) is 9.79. The fraction of sp³-hybridized carbons (Fsp3) is 0.0909. The number of nitro benzene ring substituents is 1. The standard InChI is InChI=1S/C22H17N5O5S/c28-26(29)18-8-4-7-17(13-18)20-15-33-22(23-12-11-16-5-2-1-3-6-16)25(20)24-14-19-9-10-21(32-19)27(30)31/h1-10,13-15H,11-12H2. The summed E-state index contributed by atoms with van der Waals surface area (Å²) in [4.78, 5) is 26.2. The number of nitro groups is 2. The van der Waals surface area contributed by atoms with Crippen molar-refractivity contribution in [2.45, 2.75) is 6.42 Å². The fourth-order valence-electron chi connectivity index (χ4n) is 3.05. The molecule has 0 fully saturated rings. The molecule has 0 spiro atoms. The van der Waals surface area contributed by atoms with E-state index in [0.717, 1.165) is 12.0 Å². The van der Waals surface area contributed by atoms with Gasteiger partial charge in [0.1, 0.15) is 4.92 Å². The molecule has 4 aromatic rings. The van der Waals surface area contributed by atoms with Crippen LogP contribution < -0.4 is 4.80 Å². The molecule has 0 saturated heterocycles. The highest BCUT2D eigenvalue weighted by Crippen LogP contribution is 2.24. The largest absolute Gasteiger partial charge is 0.433 e. The third kappa shape index (κ3) is 5.28. The minimum absolute atomic E-state index is 0.0431. The van der Waals surface area contributed by atoms with Crippen molar-refractivity contribution < 1.29 is 14.3 Å². The smallest absolute Gasteiger partial charge is 0.400 e. The molecule has 0 saturated carbocycles. The van der Waals surface area contributed by atoms with E-state index in [9.17, 15) is 20.2 Å². The monoisotopic (exact) mass is 463 g/mol. The summed E-state index contributed by atoms with van der Waals surface area (Å²) in [6.07, 6.45) is 2.08. The quantitative estimate of drug-likeness (QED) is 0.213. The molecule has 10 nitrogen and oxygen atoms in total. The van der Waals surface area contributed by atoms with Crippen LogP contribution >= 0.6 is 11.3 Å². The van der Waals surface area contributed by atoms with Crippen LogP contribution in [0.25, 0.3) is 11.3 Å². The van der Waals surface area contributed by atoms with Crippen molar-refractivity contribution in [1.82, 2.24) is 4.68 Å². The van der Waals surface area contributed by atoms with Crippen LogP contribution in [-0.2, 0) is 6.42 Å². The Kier molecular flexibility index (Phi) is 6.51. The summed E-state index contributed by atoms with van der Waals surface area (Å²) in [5.41, 5.74) is 2.29. The molecule has 0 aliphatic carbocycles. The van der Waals surface area contributed by atoms with Crippen molar-refractivity contribution in [1.29, 1.82) is 0 Å². The Morgan fingerprint density at radius 2 is 1.82 bits per heavy atom. The number of aromatic nitrogens is 1. The normalized spacial score (nSPS) is 11.8. The number of thiazole rings is 1. The molecule has 0 unspecified atom stereocenters. The number of benzene rings is 2. The number of nitrogens with zero attached hydrogens (tertiary/aromatic N) is 5. The molecule has 0 radical (unpaired) electrons. The molecular weight excluding hydrogens is 446 g/mol. The van der Waals surface area contributed by atoms with Crippen LogP contribution in [0.15, 0.2) is 86.6 Å². The van der Waals surface area contributed by atoms with Crippen molar-refractivity contribution in [3.05, 3.63) is 108 Å². The summed E-state index contributed by atoms with van der Waals surface area (Å²) in [6, 6.07) is 18.8. The first-order valence-corrected chi connectivity index (χ1v) is 10.7. The Labute approximate surface area is 191 Å². The average Bonchev–Trinajstić information content (AvgIpc) is 3.46. The second kappa shape index (κ2) is 9.83. The zero-order valence-electron chi connectivity index (χ0n) is 17.1. The molecule has 0 amide bonds. The number of furan rings is 1. The maximum absolute atomic E-state index is 11.2. The molecule has 2 aromatic carbocycles. The van der Waals surface area contributed by atoms with Crippen LogP contribution in [-0.4, -0.2) is 27.3 Å². The molecule has 0 N–H and O–H groups in total. The molecule has 166 valence electrons. The van der Waals surface area contributed by atoms with Crippen molar-refractivity contribution in [2.24, 2.45) is 10.1 Å². The number of hydrogen-bond acceptors (Lipinski definition) is 8. The zero-order valence-corrected chi connectivity index (χ0v) is 17.9. The summed E-state index contributed by atoms with van der Waals surface area (Å²) in [7, 11) is 0. The van der Waals surface area contributed by atoms with Gasteiger partial charge in [0.15, 0.2) is 5.76 Å². The minimum atomic E-state index is -0.631. The van der Waals surface area contributed by atoms with Gasteiger partial charge in [0.2, 0.25) is 4.80 Å². The van der Waals surface area contributed by atoms with Gasteiger partial charge in [-0.15, -0.1) is 11.3 Å². The minimum Gasteiger partial charge on any atom is -0.400 e. The van der Waals surface area contributed by atoms with Gasteiger partial charge < -0.3 is 4.42 Å². The predicted octanol–water partition coefficient (Wildman–Crippen LogP) is 4.65. The Morgan fingerprint density at radius 3 is 2.55 bits per heavy atom. The number of rotatable bonds is 8. The first-order chi connectivity index (χ1) is 16.0. The third-order valence-electron chi connectivity index (χ3n) is 4.62. The van der Waals surface area contributed by atoms with E-state index in [1.807, 2.05) is 35.7 Å². The van der Waals surface area contributed by atoms with E-state index in [-0.39, 0.29) is 11.4 Å². The van der Waals surface area contributed by atoms with Crippen LogP contribution in [0.2, 0.25) is 0 Å². The van der Waals surface area contributed by atoms with Gasteiger partial charge in [0.05, 0.1) is 22.9 Å². The predicted molar refractivity (Wildman–Crippen MR) is 123 cm³/mol. The highest BCUT2D eigenvalue weighted by Gasteiger charge is 2.13. The third-order valence-corrected chi connectivity index (χ3v) is 5.48. The van der Waals surface area contributed by atoms with Gasteiger partial charge in [-0.2, -0.15) is 5.10 Å². The topological polar surface area (TPSA) is 129 Å². The second-order valence-electron chi connectivity index (χ2n) is 6.82. The summed E-state index contributed by atoms with van der Waals surface area (Å²) in [5, 5.41) is 28.3. The van der Waals surface area contributed by atoms with Crippen molar-refractivity contribution in [3.8, 4) is 11.3 Å². The molecule has 33 heavy (non-hydrogen) atoms. The SMILES string of the molecule is O=[N+]([O-])c1cccc(-c2csc(=NCCc3ccccc3)n2N=Cc2ccc([N+](=O)[O-])o2)c1. The van der Waals surface area contributed by atoms with Gasteiger partial charge in [-0.25, -0.2) is 4.68 Å². The first kappa shape index (κ1) is 21.8. The lowest BCUT2D eigenvalue weighted by Gasteiger charge is -2.03. The highest BCUT2D eigenvalue weighted by molar-refractivity contribution is 7.07. The van der Waals surface area contributed by atoms with E-state index in [1.165, 1.54) is 41.8 Å². The summed E-state index contributed by atoms with van der Waals surface area (Å²) in [6.45, 7) is 0.515. The number of hydrogen-bond donors (Lipinski definition) is 0. The highest BCUT2D eigenvalue weighted by atomic mass is 32.1. The molecule has 4 rings (SSSR count). The van der Waals surface area contributed by atoms with Crippen LogP contribution in [0.5, 0.6) is 0 Å². The fourth-order valence-corrected chi connectivity index (χ4v) is 3.91. The van der Waals surface area contributed by atoms with E-state index >= 15 is 0 Å². The molecule has 11 heteroatoms. The molecule has 2 heterocycles. The van der Waals surface area contributed by atoms with Crippen molar-refractivity contribution in [2.75, 3.05) is 6.54 Å². The molecule has 0 atom stereocenters. The van der Waals surface area contributed by atoms with Gasteiger partial charge in [-0.05, 0) is 18.1 Å². The van der Waals surface area contributed by atoms with Gasteiger partial charge in [-0.1, -0.05) is 42.5 Å². The Morgan fingerprint density at radius 1 is 1.00 bits per heavy atom. The average molecular weight is 463 g/mol. The summed E-state index contributed by atoms with van der Waals surface area (Å²) < 4.78 is 6.68. The Bertz CT molecular complexity index is 1390. The summed E-state index contributed by atoms with van der Waals surface area (Å²) in [5.74, 6) is -0.195. The Hall–Kier alpha value is -4.38. The lowest BCUT2D eigenvalue weighted by atomic mass is 10.1. The van der Waals surface area contributed by atoms with Crippen LogP contribution in [0, 0.1) is 20.2 Å². The lowest BCUT2D eigenvalue weighted by molar-refractivity contribution is -0.402. The van der Waals surface area contributed by atoms with Gasteiger partial charge >= 0.3 is 5.88 Å². The van der Waals surface area contributed by atoms with E-state index in [4.69, 9.17) is 4.42 Å². The van der Waals surface area contributed by atoms with Crippen molar-refractivity contribution in [3.63, 3.8) is 0 Å².